The van der Waals surface area contributed by atoms with Crippen molar-refractivity contribution in [1.82, 2.24) is 18.7 Å². The molecule has 2 aromatic heterocycles. The SMILES string of the molecule is [C-]#[N+]c1ccccc1Oc1nc2c(c(=O)n(CCCO)c(=O)n2C)n1Cc1ccc(Cl)cc1. The molecule has 0 fully saturated rings. The molecule has 0 aliphatic rings. The molecule has 0 saturated carbocycles. The van der Waals surface area contributed by atoms with Crippen molar-refractivity contribution in [2.75, 3.05) is 6.61 Å². The second-order valence-electron chi connectivity index (χ2n) is 7.34. The van der Waals surface area contributed by atoms with Gasteiger partial charge in [-0.25, -0.2) is 9.64 Å². The highest BCUT2D eigenvalue weighted by Crippen LogP contribution is 2.32. The van der Waals surface area contributed by atoms with Crippen LogP contribution in [0.4, 0.5) is 5.69 Å². The molecule has 2 heterocycles. The molecule has 0 aliphatic carbocycles. The molecule has 1 N–H and O–H groups in total. The van der Waals surface area contributed by atoms with E-state index in [4.69, 9.17) is 22.9 Å². The molecule has 9 nitrogen and oxygen atoms in total. The number of benzene rings is 2. The van der Waals surface area contributed by atoms with Gasteiger partial charge < -0.3 is 9.84 Å². The highest BCUT2D eigenvalue weighted by atomic mass is 35.5. The molecule has 0 atom stereocenters. The van der Waals surface area contributed by atoms with Crippen LogP contribution in [0, 0.1) is 6.57 Å². The summed E-state index contributed by atoms with van der Waals surface area (Å²) in [4.78, 5) is 34.0. The largest absolute Gasteiger partial charge is 0.437 e. The summed E-state index contributed by atoms with van der Waals surface area (Å²) in [6, 6.07) is 13.9. The minimum atomic E-state index is -0.537. The van der Waals surface area contributed by atoms with Crippen LogP contribution < -0.4 is 16.0 Å². The number of aromatic nitrogens is 4. The summed E-state index contributed by atoms with van der Waals surface area (Å²) < 4.78 is 9.93. The zero-order valence-corrected chi connectivity index (χ0v) is 18.5. The Balaban J connectivity index is 1.96. The lowest BCUT2D eigenvalue weighted by molar-refractivity contribution is 0.277. The standard InChI is InChI=1S/C23H20ClN5O4/c1-25-17-6-3-4-7-18(17)33-22-26-20-19(29(22)14-15-8-10-16(24)11-9-15)21(31)28(12-5-13-30)23(32)27(20)2/h3-4,6-11,30H,5,12-14H2,2H3. The van der Waals surface area contributed by atoms with Crippen molar-refractivity contribution in [2.45, 2.75) is 19.5 Å². The van der Waals surface area contributed by atoms with Gasteiger partial charge in [0.15, 0.2) is 11.2 Å². The lowest BCUT2D eigenvalue weighted by atomic mass is 10.2. The molecule has 0 amide bonds. The predicted molar refractivity (Wildman–Crippen MR) is 124 cm³/mol. The molecule has 0 aliphatic heterocycles. The van der Waals surface area contributed by atoms with E-state index < -0.39 is 11.2 Å². The van der Waals surface area contributed by atoms with E-state index in [1.807, 2.05) is 12.1 Å². The monoisotopic (exact) mass is 465 g/mol. The Morgan fingerprint density at radius 3 is 2.55 bits per heavy atom. The maximum Gasteiger partial charge on any atom is 0.332 e. The molecule has 2 aromatic carbocycles. The van der Waals surface area contributed by atoms with Crippen LogP contribution >= 0.6 is 11.6 Å². The number of para-hydroxylation sites is 2. The number of halogens is 1. The van der Waals surface area contributed by atoms with Crippen LogP contribution in [0.1, 0.15) is 12.0 Å². The van der Waals surface area contributed by atoms with Crippen molar-refractivity contribution in [3.63, 3.8) is 0 Å². The van der Waals surface area contributed by atoms with Gasteiger partial charge >= 0.3 is 11.7 Å². The van der Waals surface area contributed by atoms with E-state index in [1.165, 1.54) is 11.6 Å². The van der Waals surface area contributed by atoms with Gasteiger partial charge in [-0.2, -0.15) is 4.98 Å². The molecular weight excluding hydrogens is 446 g/mol. The fourth-order valence-electron chi connectivity index (χ4n) is 3.51. The number of nitrogens with zero attached hydrogens (tertiary/aromatic N) is 5. The summed E-state index contributed by atoms with van der Waals surface area (Å²) in [7, 11) is 1.52. The summed E-state index contributed by atoms with van der Waals surface area (Å²) in [6.07, 6.45) is 0.258. The summed E-state index contributed by atoms with van der Waals surface area (Å²) in [5, 5.41) is 9.76. The first-order valence-corrected chi connectivity index (χ1v) is 10.5. The normalized spacial score (nSPS) is 11.0. The number of aryl methyl sites for hydroxylation is 1. The van der Waals surface area contributed by atoms with Crippen LogP contribution in [0.3, 0.4) is 0 Å². The summed E-state index contributed by atoms with van der Waals surface area (Å²) in [6.45, 7) is 7.52. The van der Waals surface area contributed by atoms with Crippen LogP contribution in [-0.4, -0.2) is 30.4 Å². The fraction of sp³-hybridized carbons (Fsp3) is 0.217. The lowest BCUT2D eigenvalue weighted by Crippen LogP contribution is -2.39. The number of imidazole rings is 1. The Morgan fingerprint density at radius 2 is 1.85 bits per heavy atom. The topological polar surface area (TPSA) is 95.6 Å². The van der Waals surface area contributed by atoms with Gasteiger partial charge in [-0.05, 0) is 30.2 Å². The van der Waals surface area contributed by atoms with Crippen LogP contribution in [-0.2, 0) is 20.1 Å². The summed E-state index contributed by atoms with van der Waals surface area (Å²) in [5.74, 6) is 0.283. The fourth-order valence-corrected chi connectivity index (χ4v) is 3.63. The first kappa shape index (κ1) is 22.3. The van der Waals surface area contributed by atoms with Crippen molar-refractivity contribution < 1.29 is 9.84 Å². The molecular formula is C23H20ClN5O4. The smallest absolute Gasteiger partial charge is 0.332 e. The van der Waals surface area contributed by atoms with Crippen molar-refractivity contribution in [1.29, 1.82) is 0 Å². The third-order valence-corrected chi connectivity index (χ3v) is 5.43. The number of rotatable bonds is 7. The van der Waals surface area contributed by atoms with Gasteiger partial charge in [0.2, 0.25) is 5.69 Å². The quantitative estimate of drug-likeness (QED) is 0.422. The molecule has 0 unspecified atom stereocenters. The number of hydrogen-bond acceptors (Lipinski definition) is 5. The highest BCUT2D eigenvalue weighted by Gasteiger charge is 2.22. The number of fused-ring (bicyclic) bond motifs is 1. The highest BCUT2D eigenvalue weighted by molar-refractivity contribution is 6.30. The molecule has 168 valence electrons. The van der Waals surface area contributed by atoms with Crippen molar-refractivity contribution >= 4 is 28.5 Å². The molecule has 0 saturated heterocycles. The summed E-state index contributed by atoms with van der Waals surface area (Å²) in [5.41, 5.74) is 0.394. The van der Waals surface area contributed by atoms with Crippen LogP contribution in [0.5, 0.6) is 11.8 Å². The van der Waals surface area contributed by atoms with Gasteiger partial charge in [-0.1, -0.05) is 41.9 Å². The molecule has 10 heteroatoms. The molecule has 0 spiro atoms. The molecule has 0 radical (unpaired) electrons. The third kappa shape index (κ3) is 4.26. The van der Waals surface area contributed by atoms with Gasteiger partial charge in [-0.15, -0.1) is 0 Å². The van der Waals surface area contributed by atoms with Crippen LogP contribution in [0.25, 0.3) is 16.0 Å². The van der Waals surface area contributed by atoms with Crippen LogP contribution in [0.2, 0.25) is 5.02 Å². The minimum Gasteiger partial charge on any atom is -0.437 e. The van der Waals surface area contributed by atoms with Gasteiger partial charge in [0.05, 0.1) is 13.1 Å². The Labute approximate surface area is 193 Å². The zero-order chi connectivity index (χ0) is 23.5. The predicted octanol–water partition coefficient (Wildman–Crippen LogP) is 3.32. The van der Waals surface area contributed by atoms with Gasteiger partial charge in [-0.3, -0.25) is 18.5 Å². The summed E-state index contributed by atoms with van der Waals surface area (Å²) >= 11 is 6.01. The van der Waals surface area contributed by atoms with Crippen LogP contribution in [0.15, 0.2) is 58.1 Å². The maximum absolute atomic E-state index is 13.3. The Morgan fingerprint density at radius 1 is 1.12 bits per heavy atom. The van der Waals surface area contributed by atoms with Gasteiger partial charge in [0.25, 0.3) is 5.56 Å². The van der Waals surface area contributed by atoms with E-state index in [0.29, 0.717) is 5.02 Å². The Hall–Kier alpha value is -3.87. The Bertz CT molecular complexity index is 1480. The lowest BCUT2D eigenvalue weighted by Gasteiger charge is -2.12. The van der Waals surface area contributed by atoms with Crippen molar-refractivity contribution in [3.05, 3.63) is 91.4 Å². The van der Waals surface area contributed by atoms with E-state index in [9.17, 15) is 14.7 Å². The first-order valence-electron chi connectivity index (χ1n) is 10.1. The zero-order valence-electron chi connectivity index (χ0n) is 17.7. The van der Waals surface area contributed by atoms with E-state index in [-0.39, 0.29) is 54.7 Å². The van der Waals surface area contributed by atoms with Gasteiger partial charge in [0, 0.05) is 25.2 Å². The number of aliphatic hydroxyl groups excluding tert-OH is 1. The Kier molecular flexibility index (Phi) is 6.31. The molecule has 0 bridgehead atoms. The second-order valence-corrected chi connectivity index (χ2v) is 7.77. The van der Waals surface area contributed by atoms with Crippen molar-refractivity contribution in [3.8, 4) is 11.8 Å². The number of hydrogen-bond donors (Lipinski definition) is 1. The number of aliphatic hydroxyl groups is 1. The van der Waals surface area contributed by atoms with E-state index in [2.05, 4.69) is 9.83 Å². The van der Waals surface area contributed by atoms with E-state index >= 15 is 0 Å². The molecule has 4 aromatic rings. The van der Waals surface area contributed by atoms with Crippen molar-refractivity contribution in [2.24, 2.45) is 7.05 Å². The maximum atomic E-state index is 13.3. The molecule has 4 rings (SSSR count). The first-order chi connectivity index (χ1) is 15.9. The average molecular weight is 466 g/mol. The third-order valence-electron chi connectivity index (χ3n) is 5.18. The van der Waals surface area contributed by atoms with E-state index in [0.717, 1.165) is 10.1 Å². The number of ether oxygens (including phenoxy) is 1. The average Bonchev–Trinajstić information content (AvgIpc) is 3.17. The van der Waals surface area contributed by atoms with E-state index in [1.54, 1.807) is 41.0 Å². The molecule has 33 heavy (non-hydrogen) atoms. The van der Waals surface area contributed by atoms with Gasteiger partial charge in [0.1, 0.15) is 5.75 Å². The second kappa shape index (κ2) is 9.32. The minimum absolute atomic E-state index is 0.0703.